The number of aliphatic hydroxyl groups is 3. The van der Waals surface area contributed by atoms with Crippen molar-refractivity contribution < 1.29 is 30.0 Å². The van der Waals surface area contributed by atoms with Crippen LogP contribution in [-0.4, -0.2) is 56.9 Å². The normalized spacial score (nSPS) is 26.8. The Balaban J connectivity index is 2.19. The maximum atomic E-state index is 10.4. The van der Waals surface area contributed by atoms with E-state index in [1.807, 2.05) is 6.92 Å². The summed E-state index contributed by atoms with van der Waals surface area (Å²) < 4.78 is 5.75. The zero-order valence-corrected chi connectivity index (χ0v) is 14.5. The molecule has 1 fully saturated rings. The Bertz CT molecular complexity index is 384. The molecule has 1 rings (SSSR count). The van der Waals surface area contributed by atoms with Gasteiger partial charge in [-0.05, 0) is 19.3 Å². The number of rotatable bonds is 12. The third-order valence-corrected chi connectivity index (χ3v) is 4.46. The number of carboxylic acids is 1. The van der Waals surface area contributed by atoms with Crippen LogP contribution in [0.1, 0.15) is 64.7 Å². The van der Waals surface area contributed by atoms with Gasteiger partial charge >= 0.3 is 5.97 Å². The summed E-state index contributed by atoms with van der Waals surface area (Å²) in [5.74, 6) is -0.748. The van der Waals surface area contributed by atoms with Crippen molar-refractivity contribution in [2.45, 2.75) is 95.2 Å². The first kappa shape index (κ1) is 21.1. The summed E-state index contributed by atoms with van der Waals surface area (Å²) in [7, 11) is 0. The molecular formula is C18H32O6. The second-order valence-corrected chi connectivity index (χ2v) is 6.57. The lowest BCUT2D eigenvalue weighted by Crippen LogP contribution is -2.25. The first-order chi connectivity index (χ1) is 11.4. The number of hydrogen-bond donors (Lipinski definition) is 4. The third-order valence-electron chi connectivity index (χ3n) is 4.46. The molecule has 0 aromatic heterocycles. The largest absolute Gasteiger partial charge is 0.481 e. The van der Waals surface area contributed by atoms with Crippen molar-refractivity contribution in [1.82, 2.24) is 0 Å². The lowest BCUT2D eigenvalue weighted by Gasteiger charge is -2.17. The van der Waals surface area contributed by atoms with E-state index in [2.05, 4.69) is 0 Å². The predicted molar refractivity (Wildman–Crippen MR) is 90.7 cm³/mol. The van der Waals surface area contributed by atoms with E-state index in [1.165, 1.54) is 6.08 Å². The second-order valence-electron chi connectivity index (χ2n) is 6.57. The minimum atomic E-state index is -0.818. The van der Waals surface area contributed by atoms with Crippen LogP contribution in [0.25, 0.3) is 0 Å². The molecule has 1 aliphatic heterocycles. The quantitative estimate of drug-likeness (QED) is 0.319. The van der Waals surface area contributed by atoms with E-state index < -0.39 is 30.4 Å². The molecule has 1 saturated heterocycles. The number of carbonyl (C=O) groups is 1. The molecule has 6 heteroatoms. The molecule has 6 nitrogen and oxygen atoms in total. The molecule has 1 heterocycles. The van der Waals surface area contributed by atoms with Gasteiger partial charge in [0, 0.05) is 12.8 Å². The second kappa shape index (κ2) is 11.6. The molecule has 24 heavy (non-hydrogen) atoms. The third kappa shape index (κ3) is 8.24. The fourth-order valence-corrected chi connectivity index (χ4v) is 2.90. The van der Waals surface area contributed by atoms with Crippen LogP contribution in [0.2, 0.25) is 0 Å². The monoisotopic (exact) mass is 344 g/mol. The zero-order chi connectivity index (χ0) is 17.9. The van der Waals surface area contributed by atoms with E-state index in [0.717, 1.165) is 32.1 Å². The van der Waals surface area contributed by atoms with Crippen LogP contribution in [0.15, 0.2) is 12.2 Å². The van der Waals surface area contributed by atoms with Gasteiger partial charge in [0.1, 0.15) is 0 Å². The van der Waals surface area contributed by atoms with Gasteiger partial charge in [-0.1, -0.05) is 44.8 Å². The van der Waals surface area contributed by atoms with Gasteiger partial charge in [0.05, 0.1) is 30.5 Å². The molecule has 0 aliphatic carbocycles. The van der Waals surface area contributed by atoms with Gasteiger partial charge in [-0.25, -0.2) is 0 Å². The van der Waals surface area contributed by atoms with Crippen molar-refractivity contribution in [3.63, 3.8) is 0 Å². The Hall–Kier alpha value is -0.950. The number of ether oxygens (including phenoxy) is 1. The van der Waals surface area contributed by atoms with E-state index in [1.54, 1.807) is 6.08 Å². The van der Waals surface area contributed by atoms with E-state index in [-0.39, 0.29) is 12.5 Å². The number of carboxylic acid groups (broad SMARTS) is 1. The van der Waals surface area contributed by atoms with Crippen molar-refractivity contribution in [2.24, 2.45) is 0 Å². The van der Waals surface area contributed by atoms with Crippen molar-refractivity contribution in [3.8, 4) is 0 Å². The van der Waals surface area contributed by atoms with Crippen molar-refractivity contribution in [2.75, 3.05) is 0 Å². The first-order valence-electron chi connectivity index (χ1n) is 9.03. The maximum Gasteiger partial charge on any atom is 0.303 e. The minimum absolute atomic E-state index is 0.226. The molecule has 1 aliphatic rings. The van der Waals surface area contributed by atoms with Crippen LogP contribution in [0, 0.1) is 0 Å². The molecule has 0 unspecified atom stereocenters. The van der Waals surface area contributed by atoms with Crippen LogP contribution in [0.5, 0.6) is 0 Å². The topological polar surface area (TPSA) is 107 Å². The molecule has 5 atom stereocenters. The number of aliphatic hydroxyl groups excluding tert-OH is 3. The average Bonchev–Trinajstić information content (AvgIpc) is 2.92. The summed E-state index contributed by atoms with van der Waals surface area (Å²) in [5, 5.41) is 38.1. The molecule has 0 aromatic carbocycles. The average molecular weight is 344 g/mol. The molecule has 0 aromatic rings. The van der Waals surface area contributed by atoms with Gasteiger partial charge in [0.25, 0.3) is 0 Å². The highest BCUT2D eigenvalue weighted by molar-refractivity contribution is 5.66. The lowest BCUT2D eigenvalue weighted by molar-refractivity contribution is -0.137. The Morgan fingerprint density at radius 1 is 1.17 bits per heavy atom. The Morgan fingerprint density at radius 3 is 2.50 bits per heavy atom. The zero-order valence-electron chi connectivity index (χ0n) is 14.5. The highest BCUT2D eigenvalue weighted by Gasteiger charge is 2.36. The molecule has 4 N–H and O–H groups in total. The predicted octanol–water partition coefficient (Wildman–Crippen LogP) is 2.01. The summed E-state index contributed by atoms with van der Waals surface area (Å²) in [4.78, 5) is 10.4. The fourth-order valence-electron chi connectivity index (χ4n) is 2.90. The van der Waals surface area contributed by atoms with Gasteiger partial charge < -0.3 is 25.2 Å². The molecular weight excluding hydrogens is 312 g/mol. The van der Waals surface area contributed by atoms with Crippen LogP contribution in [-0.2, 0) is 9.53 Å². The van der Waals surface area contributed by atoms with Crippen molar-refractivity contribution in [3.05, 3.63) is 12.2 Å². The van der Waals surface area contributed by atoms with Gasteiger partial charge in [0.15, 0.2) is 0 Å². The lowest BCUT2D eigenvalue weighted by atomic mass is 10.0. The Labute approximate surface area is 144 Å². The van der Waals surface area contributed by atoms with E-state index in [9.17, 15) is 20.1 Å². The Kier molecular flexibility index (Phi) is 10.2. The number of unbranched alkanes of at least 4 members (excludes halogenated alkanes) is 4. The molecule has 0 bridgehead atoms. The molecule has 140 valence electrons. The van der Waals surface area contributed by atoms with Crippen LogP contribution >= 0.6 is 0 Å². The number of hydrogen-bond acceptors (Lipinski definition) is 5. The van der Waals surface area contributed by atoms with Gasteiger partial charge in [-0.2, -0.15) is 0 Å². The SMILES string of the molecule is CC[C@@H](O)/C=C/[C@@H](O)[C@@H]1C[C@@H](O)[C@@H](CCCCCCCC(=O)O)O1. The molecule has 0 radical (unpaired) electrons. The highest BCUT2D eigenvalue weighted by Crippen LogP contribution is 2.27. The maximum absolute atomic E-state index is 10.4. The summed E-state index contributed by atoms with van der Waals surface area (Å²) >= 11 is 0. The van der Waals surface area contributed by atoms with Crippen molar-refractivity contribution in [1.29, 1.82) is 0 Å². The molecule has 0 saturated carbocycles. The summed E-state index contributed by atoms with van der Waals surface area (Å²) in [6, 6.07) is 0. The van der Waals surface area contributed by atoms with Gasteiger partial charge in [-0.3, -0.25) is 4.79 Å². The van der Waals surface area contributed by atoms with E-state index in [0.29, 0.717) is 19.3 Å². The molecule has 0 amide bonds. The van der Waals surface area contributed by atoms with E-state index in [4.69, 9.17) is 9.84 Å². The van der Waals surface area contributed by atoms with Gasteiger partial charge in [-0.15, -0.1) is 0 Å². The standard InChI is InChI=1S/C18H32O6/c1-2-13(19)10-11-14(20)17-12-15(21)16(24-17)8-6-4-3-5-7-9-18(22)23/h10-11,13-17,19-21H,2-9,12H2,1H3,(H,22,23)/b11-10+/t13-,14-,15-,16-,17+/m1/s1. The first-order valence-corrected chi connectivity index (χ1v) is 9.03. The Morgan fingerprint density at radius 2 is 1.83 bits per heavy atom. The van der Waals surface area contributed by atoms with Crippen molar-refractivity contribution >= 4 is 5.97 Å². The van der Waals surface area contributed by atoms with Crippen LogP contribution in [0.3, 0.4) is 0 Å². The molecule has 0 spiro atoms. The fraction of sp³-hybridized carbons (Fsp3) is 0.833. The summed E-state index contributed by atoms with van der Waals surface area (Å²) in [6.07, 6.45) is 6.93. The smallest absolute Gasteiger partial charge is 0.303 e. The van der Waals surface area contributed by atoms with Gasteiger partial charge in [0.2, 0.25) is 0 Å². The summed E-state index contributed by atoms with van der Waals surface area (Å²) in [5.41, 5.74) is 0. The number of aliphatic carboxylic acids is 1. The highest BCUT2D eigenvalue weighted by atomic mass is 16.5. The summed E-state index contributed by atoms with van der Waals surface area (Å²) in [6.45, 7) is 1.86. The van der Waals surface area contributed by atoms with Crippen LogP contribution in [0.4, 0.5) is 0 Å². The minimum Gasteiger partial charge on any atom is -0.481 e. The van der Waals surface area contributed by atoms with Crippen LogP contribution < -0.4 is 0 Å². The van der Waals surface area contributed by atoms with E-state index >= 15 is 0 Å².